The van der Waals surface area contributed by atoms with Crippen LogP contribution in [0.2, 0.25) is 0 Å². The van der Waals surface area contributed by atoms with Crippen molar-refractivity contribution in [2.75, 3.05) is 14.2 Å². The molecule has 0 aliphatic rings. The molecule has 27 heavy (non-hydrogen) atoms. The molecule has 0 radical (unpaired) electrons. The second-order valence-corrected chi connectivity index (χ2v) is 7.01. The molecule has 1 aromatic rings. The van der Waals surface area contributed by atoms with Crippen LogP contribution in [0.1, 0.15) is 39.7 Å². The number of nitrogens with one attached hydrogen (secondary N) is 2. The fourth-order valence-corrected chi connectivity index (χ4v) is 2.18. The van der Waals surface area contributed by atoms with E-state index in [0.29, 0.717) is 17.9 Å². The lowest BCUT2D eigenvalue weighted by Crippen LogP contribution is -2.50. The van der Waals surface area contributed by atoms with Gasteiger partial charge in [-0.25, -0.2) is 4.79 Å². The normalized spacial score (nSPS) is 11.9. The van der Waals surface area contributed by atoms with Gasteiger partial charge in [-0.05, 0) is 51.8 Å². The largest absolute Gasteiger partial charge is 0.493 e. The van der Waals surface area contributed by atoms with Gasteiger partial charge < -0.3 is 19.5 Å². The number of aryl methyl sites for hydroxylation is 1. The maximum Gasteiger partial charge on any atom is 0.321 e. The lowest BCUT2D eigenvalue weighted by atomic mass is 10.1. The van der Waals surface area contributed by atoms with E-state index in [0.717, 1.165) is 5.56 Å². The number of imide groups is 1. The van der Waals surface area contributed by atoms with Gasteiger partial charge in [0.25, 0.3) is 5.91 Å². The predicted octanol–water partition coefficient (Wildman–Crippen LogP) is 2.19. The molecule has 0 saturated heterocycles. The Bertz CT molecular complexity index is 681. The molecule has 1 aromatic carbocycles. The first kappa shape index (κ1) is 22.3. The highest BCUT2D eigenvalue weighted by Crippen LogP contribution is 2.28. The summed E-state index contributed by atoms with van der Waals surface area (Å²) in [6.07, 6.45) is -0.576. The fraction of sp³-hybridized carbons (Fsp3) is 0.526. The minimum Gasteiger partial charge on any atom is -0.493 e. The van der Waals surface area contributed by atoms with E-state index in [9.17, 15) is 14.4 Å². The summed E-state index contributed by atoms with van der Waals surface area (Å²) in [5.74, 6) is -0.0523. The maximum absolute atomic E-state index is 12.0. The number of carbonyl (C=O) groups is 3. The molecule has 3 amide bonds. The van der Waals surface area contributed by atoms with Crippen LogP contribution in [0, 0.1) is 0 Å². The van der Waals surface area contributed by atoms with Crippen molar-refractivity contribution in [3.05, 3.63) is 23.8 Å². The van der Waals surface area contributed by atoms with Crippen molar-refractivity contribution in [3.8, 4) is 11.5 Å². The van der Waals surface area contributed by atoms with Gasteiger partial charge in [0, 0.05) is 12.0 Å². The summed E-state index contributed by atoms with van der Waals surface area (Å²) in [7, 11) is 3.08. The molecule has 0 saturated carbocycles. The Morgan fingerprint density at radius 1 is 1.07 bits per heavy atom. The van der Waals surface area contributed by atoms with Crippen molar-refractivity contribution in [1.29, 1.82) is 0 Å². The van der Waals surface area contributed by atoms with E-state index in [1.54, 1.807) is 40.0 Å². The first-order valence-corrected chi connectivity index (χ1v) is 8.59. The lowest BCUT2D eigenvalue weighted by Gasteiger charge is -2.21. The number of carbonyl (C=O) groups excluding carboxylic acids is 3. The molecule has 1 rings (SSSR count). The molecule has 0 spiro atoms. The Kier molecular flexibility index (Phi) is 8.08. The van der Waals surface area contributed by atoms with Gasteiger partial charge in [-0.3, -0.25) is 14.9 Å². The van der Waals surface area contributed by atoms with E-state index in [4.69, 9.17) is 14.2 Å². The average Bonchev–Trinajstić information content (AvgIpc) is 2.57. The summed E-state index contributed by atoms with van der Waals surface area (Å²) >= 11 is 0. The molecule has 0 aromatic heterocycles. The molecule has 0 bridgehead atoms. The van der Waals surface area contributed by atoms with E-state index < -0.39 is 29.6 Å². The molecule has 8 heteroatoms. The predicted molar refractivity (Wildman–Crippen MR) is 99.8 cm³/mol. The fourth-order valence-electron chi connectivity index (χ4n) is 2.18. The van der Waals surface area contributed by atoms with E-state index in [1.165, 1.54) is 14.0 Å². The van der Waals surface area contributed by atoms with Crippen LogP contribution in [-0.2, 0) is 20.7 Å². The molecule has 0 heterocycles. The standard InChI is InChI=1S/C19H28N2O6/c1-12(17(23)20-18(24)21-19(2,3)4)27-16(22)10-8-13-7-9-14(25-5)15(11-13)26-6/h7,9,11-12H,8,10H2,1-6H3,(H2,20,21,23,24)/t12-/m0/s1. The van der Waals surface area contributed by atoms with Gasteiger partial charge >= 0.3 is 12.0 Å². The Morgan fingerprint density at radius 2 is 1.70 bits per heavy atom. The zero-order valence-corrected chi connectivity index (χ0v) is 16.7. The molecule has 0 aliphatic heterocycles. The third kappa shape index (κ3) is 7.98. The summed E-state index contributed by atoms with van der Waals surface area (Å²) in [6.45, 7) is 6.77. The molecule has 0 fully saturated rings. The van der Waals surface area contributed by atoms with Gasteiger partial charge in [-0.1, -0.05) is 6.07 Å². The van der Waals surface area contributed by atoms with Crippen molar-refractivity contribution in [3.63, 3.8) is 0 Å². The Labute approximate surface area is 159 Å². The molecule has 0 aliphatic carbocycles. The number of hydrogen-bond acceptors (Lipinski definition) is 6. The number of benzene rings is 1. The summed E-state index contributed by atoms with van der Waals surface area (Å²) in [5, 5.41) is 4.74. The first-order valence-electron chi connectivity index (χ1n) is 8.59. The SMILES string of the molecule is COc1ccc(CCC(=O)O[C@@H](C)C(=O)NC(=O)NC(C)(C)C)cc1OC. The Morgan fingerprint density at radius 3 is 2.26 bits per heavy atom. The van der Waals surface area contributed by atoms with Crippen LogP contribution >= 0.6 is 0 Å². The molecular formula is C19H28N2O6. The van der Waals surface area contributed by atoms with Crippen LogP contribution in [0.4, 0.5) is 4.79 Å². The smallest absolute Gasteiger partial charge is 0.321 e. The molecule has 1 atom stereocenters. The van der Waals surface area contributed by atoms with Crippen LogP contribution in [-0.4, -0.2) is 43.8 Å². The van der Waals surface area contributed by atoms with Crippen LogP contribution in [0.3, 0.4) is 0 Å². The minimum atomic E-state index is -1.08. The van der Waals surface area contributed by atoms with E-state index >= 15 is 0 Å². The Balaban J connectivity index is 2.49. The van der Waals surface area contributed by atoms with Gasteiger partial charge in [0.1, 0.15) is 0 Å². The van der Waals surface area contributed by atoms with E-state index in [1.807, 2.05) is 6.07 Å². The summed E-state index contributed by atoms with van der Waals surface area (Å²) in [6, 6.07) is 4.71. The minimum absolute atomic E-state index is 0.0846. The summed E-state index contributed by atoms with van der Waals surface area (Å²) in [5.41, 5.74) is 0.384. The quantitative estimate of drug-likeness (QED) is 0.703. The zero-order valence-electron chi connectivity index (χ0n) is 16.7. The number of esters is 1. The van der Waals surface area contributed by atoms with Crippen LogP contribution in [0.15, 0.2) is 18.2 Å². The third-order valence-electron chi connectivity index (χ3n) is 3.47. The van der Waals surface area contributed by atoms with Crippen molar-refractivity contribution in [2.24, 2.45) is 0 Å². The number of ether oxygens (including phenoxy) is 3. The van der Waals surface area contributed by atoms with Crippen LogP contribution in [0.25, 0.3) is 0 Å². The van der Waals surface area contributed by atoms with Gasteiger partial charge in [-0.2, -0.15) is 0 Å². The second kappa shape index (κ2) is 9.80. The summed E-state index contributed by atoms with van der Waals surface area (Å²) in [4.78, 5) is 35.6. The highest BCUT2D eigenvalue weighted by Gasteiger charge is 2.22. The molecule has 0 unspecified atom stereocenters. The van der Waals surface area contributed by atoms with E-state index in [2.05, 4.69) is 10.6 Å². The Hall–Kier alpha value is -2.77. The molecular weight excluding hydrogens is 352 g/mol. The number of amides is 3. The molecule has 8 nitrogen and oxygen atoms in total. The highest BCUT2D eigenvalue weighted by molar-refractivity contribution is 5.97. The van der Waals surface area contributed by atoms with Crippen molar-refractivity contribution in [1.82, 2.24) is 10.6 Å². The number of urea groups is 1. The van der Waals surface area contributed by atoms with Crippen molar-refractivity contribution < 1.29 is 28.6 Å². The maximum atomic E-state index is 12.0. The van der Waals surface area contributed by atoms with Gasteiger partial charge in [-0.15, -0.1) is 0 Å². The average molecular weight is 380 g/mol. The topological polar surface area (TPSA) is 103 Å². The third-order valence-corrected chi connectivity index (χ3v) is 3.47. The van der Waals surface area contributed by atoms with E-state index in [-0.39, 0.29) is 6.42 Å². The van der Waals surface area contributed by atoms with Crippen LogP contribution < -0.4 is 20.1 Å². The lowest BCUT2D eigenvalue weighted by molar-refractivity contribution is -0.154. The number of rotatable bonds is 7. The van der Waals surface area contributed by atoms with Crippen molar-refractivity contribution >= 4 is 17.9 Å². The zero-order chi connectivity index (χ0) is 20.6. The number of methoxy groups -OCH3 is 2. The van der Waals surface area contributed by atoms with Gasteiger partial charge in [0.05, 0.1) is 14.2 Å². The van der Waals surface area contributed by atoms with Crippen LogP contribution in [0.5, 0.6) is 11.5 Å². The number of hydrogen-bond donors (Lipinski definition) is 2. The molecule has 150 valence electrons. The van der Waals surface area contributed by atoms with Gasteiger partial charge in [0.2, 0.25) is 0 Å². The monoisotopic (exact) mass is 380 g/mol. The first-order chi connectivity index (χ1) is 12.6. The van der Waals surface area contributed by atoms with Crippen molar-refractivity contribution in [2.45, 2.75) is 52.2 Å². The second-order valence-electron chi connectivity index (χ2n) is 7.01. The van der Waals surface area contributed by atoms with Gasteiger partial charge in [0.15, 0.2) is 17.6 Å². The highest BCUT2D eigenvalue weighted by atomic mass is 16.5. The summed E-state index contributed by atoms with van der Waals surface area (Å²) < 4.78 is 15.5. The molecule has 2 N–H and O–H groups in total.